The van der Waals surface area contributed by atoms with Crippen molar-refractivity contribution in [1.82, 2.24) is 9.88 Å². The summed E-state index contributed by atoms with van der Waals surface area (Å²) in [6, 6.07) is 18.3. The van der Waals surface area contributed by atoms with Gasteiger partial charge in [-0.2, -0.15) is 5.26 Å². The molecule has 1 unspecified atom stereocenters. The van der Waals surface area contributed by atoms with Gasteiger partial charge in [-0.25, -0.2) is 0 Å². The highest BCUT2D eigenvalue weighted by molar-refractivity contribution is 5.81. The number of rotatable bonds is 9. The summed E-state index contributed by atoms with van der Waals surface area (Å²) in [6.07, 6.45) is 3.17. The van der Waals surface area contributed by atoms with Gasteiger partial charge in [-0.3, -0.25) is 4.79 Å². The first-order valence-electron chi connectivity index (χ1n) is 9.48. The van der Waals surface area contributed by atoms with Crippen molar-refractivity contribution in [2.24, 2.45) is 0 Å². The number of amides is 1. The monoisotopic (exact) mass is 405 g/mol. The average Bonchev–Trinajstić information content (AvgIpc) is 3.32. The van der Waals surface area contributed by atoms with Gasteiger partial charge in [-0.1, -0.05) is 18.2 Å². The second-order valence-electron chi connectivity index (χ2n) is 6.56. The van der Waals surface area contributed by atoms with Gasteiger partial charge in [0, 0.05) is 24.6 Å². The number of carbonyl (C=O) groups is 1. The molecule has 2 N–H and O–H groups in total. The Kier molecular flexibility index (Phi) is 7.09. The van der Waals surface area contributed by atoms with Gasteiger partial charge in [0.15, 0.2) is 24.2 Å². The zero-order valence-corrected chi connectivity index (χ0v) is 16.6. The summed E-state index contributed by atoms with van der Waals surface area (Å²) >= 11 is 0. The van der Waals surface area contributed by atoms with Gasteiger partial charge in [0.25, 0.3) is 5.91 Å². The Labute approximate surface area is 175 Å². The van der Waals surface area contributed by atoms with Gasteiger partial charge in [0.2, 0.25) is 0 Å². The normalized spacial score (nSPS) is 11.4. The van der Waals surface area contributed by atoms with Gasteiger partial charge in [0.05, 0.1) is 7.11 Å². The Bertz CT molecular complexity index is 1010. The fourth-order valence-corrected chi connectivity index (χ4v) is 3.01. The topological polar surface area (TPSA) is 96.5 Å². The van der Waals surface area contributed by atoms with E-state index in [1.807, 2.05) is 53.4 Å². The number of nitrogens with zero attached hydrogens (tertiary/aromatic N) is 2. The Morgan fingerprint density at radius 3 is 2.57 bits per heavy atom. The molecule has 0 bridgehead atoms. The van der Waals surface area contributed by atoms with Gasteiger partial charge >= 0.3 is 0 Å². The van der Waals surface area contributed by atoms with E-state index in [1.165, 1.54) is 7.11 Å². The van der Waals surface area contributed by atoms with Crippen LogP contribution in [0, 0.1) is 11.3 Å². The molecule has 0 radical (unpaired) electrons. The number of carbonyl (C=O) groups excluding carboxylic acids is 1. The molecule has 0 spiro atoms. The van der Waals surface area contributed by atoms with Crippen molar-refractivity contribution < 1.29 is 19.4 Å². The second-order valence-corrected chi connectivity index (χ2v) is 6.56. The Morgan fingerprint density at radius 1 is 1.17 bits per heavy atom. The van der Waals surface area contributed by atoms with Crippen LogP contribution in [-0.2, 0) is 11.2 Å². The lowest BCUT2D eigenvalue weighted by Crippen LogP contribution is -2.31. The summed E-state index contributed by atoms with van der Waals surface area (Å²) in [5, 5.41) is 21.7. The van der Waals surface area contributed by atoms with Crippen molar-refractivity contribution >= 4 is 5.91 Å². The molecular weight excluding hydrogens is 382 g/mol. The van der Waals surface area contributed by atoms with E-state index in [9.17, 15) is 9.90 Å². The molecule has 7 nitrogen and oxygen atoms in total. The van der Waals surface area contributed by atoms with Crippen LogP contribution in [0.5, 0.6) is 11.5 Å². The third-order valence-corrected chi connectivity index (χ3v) is 4.59. The van der Waals surface area contributed by atoms with Gasteiger partial charge in [-0.15, -0.1) is 0 Å². The lowest BCUT2D eigenvalue weighted by atomic mass is 10.1. The van der Waals surface area contributed by atoms with Crippen LogP contribution < -0.4 is 14.8 Å². The average molecular weight is 405 g/mol. The Balaban J connectivity index is 1.53. The maximum Gasteiger partial charge on any atom is 0.253 e. The van der Waals surface area contributed by atoms with Crippen molar-refractivity contribution in [3.63, 3.8) is 0 Å². The molecular formula is C23H23N3O4. The summed E-state index contributed by atoms with van der Waals surface area (Å²) in [5.41, 5.74) is 2.42. The van der Waals surface area contributed by atoms with Crippen molar-refractivity contribution in [2.75, 3.05) is 20.3 Å². The number of aromatic nitrogens is 1. The molecule has 7 heteroatoms. The summed E-state index contributed by atoms with van der Waals surface area (Å²) < 4.78 is 12.5. The van der Waals surface area contributed by atoms with Crippen molar-refractivity contribution in [1.29, 1.82) is 5.26 Å². The Morgan fingerprint density at radius 2 is 1.90 bits per heavy atom. The number of nitriles is 1. The molecule has 1 atom stereocenters. The first-order chi connectivity index (χ1) is 14.6. The highest BCUT2D eigenvalue weighted by Gasteiger charge is 2.17. The molecule has 2 aromatic carbocycles. The molecule has 3 rings (SSSR count). The smallest absolute Gasteiger partial charge is 0.253 e. The Hall–Kier alpha value is -3.76. The highest BCUT2D eigenvalue weighted by atomic mass is 16.5. The van der Waals surface area contributed by atoms with Gasteiger partial charge in [0.1, 0.15) is 6.07 Å². The van der Waals surface area contributed by atoms with E-state index in [4.69, 9.17) is 14.7 Å². The van der Waals surface area contributed by atoms with E-state index in [-0.39, 0.29) is 6.61 Å². The number of hydrogen-bond acceptors (Lipinski definition) is 5. The molecule has 1 aromatic heterocycles. The van der Waals surface area contributed by atoms with Crippen LogP contribution in [0.1, 0.15) is 17.2 Å². The SMILES string of the molecule is COc1cc(CCNC(=O)C(O)c2ccc(-n3cccc3)cc2)ccc1OCC#N. The molecule has 1 amide bonds. The number of aliphatic hydroxyl groups excluding tert-OH is 1. The quantitative estimate of drug-likeness (QED) is 0.571. The molecule has 0 fully saturated rings. The number of aliphatic hydroxyl groups is 1. The summed E-state index contributed by atoms with van der Waals surface area (Å²) in [4.78, 5) is 12.3. The second kappa shape index (κ2) is 10.1. The molecule has 0 saturated heterocycles. The highest BCUT2D eigenvalue weighted by Crippen LogP contribution is 2.28. The number of nitrogens with one attached hydrogen (secondary N) is 1. The number of hydrogen-bond donors (Lipinski definition) is 2. The van der Waals surface area contributed by atoms with Crippen LogP contribution in [-0.4, -0.2) is 35.8 Å². The van der Waals surface area contributed by atoms with E-state index in [0.29, 0.717) is 30.0 Å². The lowest BCUT2D eigenvalue weighted by Gasteiger charge is -2.13. The number of methoxy groups -OCH3 is 1. The minimum absolute atomic E-state index is 0.0595. The minimum atomic E-state index is -1.24. The molecule has 1 heterocycles. The molecule has 3 aromatic rings. The van der Waals surface area contributed by atoms with E-state index in [1.54, 1.807) is 24.3 Å². The van der Waals surface area contributed by atoms with Crippen LogP contribution in [0.15, 0.2) is 67.0 Å². The third-order valence-electron chi connectivity index (χ3n) is 4.59. The van der Waals surface area contributed by atoms with Crippen LogP contribution in [0.4, 0.5) is 0 Å². The van der Waals surface area contributed by atoms with Gasteiger partial charge in [-0.05, 0) is 53.9 Å². The molecule has 0 saturated carbocycles. The summed E-state index contributed by atoms with van der Waals surface area (Å²) in [5.74, 6) is 0.562. The fourth-order valence-electron chi connectivity index (χ4n) is 3.01. The standard InChI is InChI=1S/C23H23N3O4/c1-29-21-16-17(4-9-20(21)30-15-11-24)10-12-25-23(28)22(27)18-5-7-19(8-6-18)26-13-2-3-14-26/h2-9,13-14,16,22,27H,10,12,15H2,1H3,(H,25,28). The lowest BCUT2D eigenvalue weighted by molar-refractivity contribution is -0.129. The van der Waals surface area contributed by atoms with E-state index >= 15 is 0 Å². The fraction of sp³-hybridized carbons (Fsp3) is 0.217. The molecule has 0 aliphatic rings. The largest absolute Gasteiger partial charge is 0.493 e. The first kappa shape index (κ1) is 21.0. The molecule has 0 aliphatic heterocycles. The van der Waals surface area contributed by atoms with Crippen LogP contribution in [0.2, 0.25) is 0 Å². The van der Waals surface area contributed by atoms with Crippen LogP contribution in [0.25, 0.3) is 5.69 Å². The molecule has 0 aliphatic carbocycles. The predicted octanol–water partition coefficient (Wildman–Crippen LogP) is 2.78. The maximum atomic E-state index is 12.3. The van der Waals surface area contributed by atoms with Crippen molar-refractivity contribution in [3.8, 4) is 23.3 Å². The molecule has 30 heavy (non-hydrogen) atoms. The third kappa shape index (κ3) is 5.19. The number of ether oxygens (including phenoxy) is 2. The molecule has 154 valence electrons. The summed E-state index contributed by atoms with van der Waals surface area (Å²) in [6.45, 7) is 0.301. The van der Waals surface area contributed by atoms with Crippen LogP contribution in [0.3, 0.4) is 0 Å². The van der Waals surface area contributed by atoms with E-state index in [2.05, 4.69) is 5.32 Å². The first-order valence-corrected chi connectivity index (χ1v) is 9.48. The van der Waals surface area contributed by atoms with Crippen molar-refractivity contribution in [2.45, 2.75) is 12.5 Å². The van der Waals surface area contributed by atoms with Crippen LogP contribution >= 0.6 is 0 Å². The maximum absolute atomic E-state index is 12.3. The van der Waals surface area contributed by atoms with Gasteiger partial charge < -0.3 is 24.5 Å². The summed E-state index contributed by atoms with van der Waals surface area (Å²) in [7, 11) is 1.53. The van der Waals surface area contributed by atoms with E-state index in [0.717, 1.165) is 11.3 Å². The van der Waals surface area contributed by atoms with E-state index < -0.39 is 12.0 Å². The number of benzene rings is 2. The zero-order chi connectivity index (χ0) is 21.3. The predicted molar refractivity (Wildman–Crippen MR) is 112 cm³/mol. The van der Waals surface area contributed by atoms with Crippen molar-refractivity contribution in [3.05, 3.63) is 78.1 Å². The zero-order valence-electron chi connectivity index (χ0n) is 16.6. The minimum Gasteiger partial charge on any atom is -0.493 e.